The number of benzene rings is 1. The average molecular weight is 395 g/mol. The second-order valence-electron chi connectivity index (χ2n) is 7.28. The van der Waals surface area contributed by atoms with Gasteiger partial charge in [-0.25, -0.2) is 0 Å². The number of anilines is 3. The van der Waals surface area contributed by atoms with Gasteiger partial charge < -0.3 is 22.1 Å². The fourth-order valence-electron chi connectivity index (χ4n) is 3.59. The van der Waals surface area contributed by atoms with E-state index in [0.29, 0.717) is 5.95 Å². The van der Waals surface area contributed by atoms with Gasteiger partial charge in [0.25, 0.3) is 5.91 Å². The van der Waals surface area contributed by atoms with Gasteiger partial charge in [-0.05, 0) is 38.0 Å². The molecule has 0 aliphatic heterocycles. The van der Waals surface area contributed by atoms with E-state index in [-0.39, 0.29) is 23.6 Å². The van der Waals surface area contributed by atoms with E-state index in [1.54, 1.807) is 0 Å². The van der Waals surface area contributed by atoms with E-state index in [2.05, 4.69) is 30.9 Å². The van der Waals surface area contributed by atoms with Crippen LogP contribution < -0.4 is 22.1 Å². The summed E-state index contributed by atoms with van der Waals surface area (Å²) in [5.41, 5.74) is 13.2. The van der Waals surface area contributed by atoms with Crippen molar-refractivity contribution in [3.05, 3.63) is 30.1 Å². The molecule has 0 radical (unpaired) electrons. The first-order valence-electron chi connectivity index (χ1n) is 9.84. The van der Waals surface area contributed by atoms with Crippen molar-refractivity contribution in [2.24, 2.45) is 11.5 Å². The lowest BCUT2D eigenvalue weighted by atomic mass is 9.91. The van der Waals surface area contributed by atoms with E-state index >= 15 is 0 Å². The molecule has 29 heavy (non-hydrogen) atoms. The Morgan fingerprint density at radius 1 is 1.28 bits per heavy atom. The molecule has 1 aliphatic carbocycles. The Balaban J connectivity index is 1.61. The molecule has 1 saturated carbocycles. The topological polar surface area (TPSA) is 150 Å². The van der Waals surface area contributed by atoms with Crippen molar-refractivity contribution in [2.45, 2.75) is 51.2 Å². The maximum Gasteiger partial charge on any atom is 0.273 e. The zero-order chi connectivity index (χ0) is 20.4. The fraction of sp³-hybridized carbons (Fsp3) is 0.421. The van der Waals surface area contributed by atoms with Crippen molar-refractivity contribution >= 4 is 34.3 Å². The van der Waals surface area contributed by atoms with Crippen LogP contribution >= 0.6 is 0 Å². The molecule has 1 aromatic carbocycles. The molecule has 1 aliphatic rings. The number of nitrogens with zero attached hydrogens (tertiary/aromatic N) is 5. The molecular formula is C19H25N9O. The molecule has 2 heterocycles. The maximum atomic E-state index is 11.8. The highest BCUT2D eigenvalue weighted by atomic mass is 16.1. The number of carbonyl (C=O) groups excluding carboxylic acids is 1. The summed E-state index contributed by atoms with van der Waals surface area (Å²) in [6.07, 6.45) is 6.12. The van der Waals surface area contributed by atoms with Crippen molar-refractivity contribution in [2.75, 3.05) is 10.6 Å². The minimum absolute atomic E-state index is 0.0253. The molecule has 10 heteroatoms. The first kappa shape index (κ1) is 19.1. The predicted molar refractivity (Wildman–Crippen MR) is 111 cm³/mol. The molecule has 0 bridgehead atoms. The highest BCUT2D eigenvalue weighted by Crippen LogP contribution is 2.24. The summed E-state index contributed by atoms with van der Waals surface area (Å²) in [4.78, 5) is 16.2. The molecule has 10 nitrogen and oxygen atoms in total. The van der Waals surface area contributed by atoms with Crippen LogP contribution in [0.25, 0.3) is 10.9 Å². The van der Waals surface area contributed by atoms with Crippen LogP contribution in [-0.4, -0.2) is 43.0 Å². The molecule has 152 valence electrons. The Bertz CT molecular complexity index is 1030. The first-order valence-corrected chi connectivity index (χ1v) is 9.84. The number of aromatic nitrogens is 5. The quantitative estimate of drug-likeness (QED) is 0.493. The minimum atomic E-state index is -0.704. The number of hydrogen-bond donors (Lipinski definition) is 4. The van der Waals surface area contributed by atoms with E-state index < -0.39 is 5.91 Å². The monoisotopic (exact) mass is 395 g/mol. The third-order valence-corrected chi connectivity index (χ3v) is 5.20. The Labute approximate surface area is 168 Å². The van der Waals surface area contributed by atoms with Gasteiger partial charge in [0.1, 0.15) is 0 Å². The molecule has 0 unspecified atom stereocenters. The van der Waals surface area contributed by atoms with E-state index in [9.17, 15) is 4.79 Å². The van der Waals surface area contributed by atoms with Gasteiger partial charge in [0.2, 0.25) is 5.95 Å². The molecule has 1 fully saturated rings. The van der Waals surface area contributed by atoms with E-state index in [0.717, 1.165) is 48.8 Å². The summed E-state index contributed by atoms with van der Waals surface area (Å²) in [5.74, 6) is -0.144. The Hall–Kier alpha value is -3.27. The Kier molecular flexibility index (Phi) is 5.26. The van der Waals surface area contributed by atoms with Crippen LogP contribution in [0.15, 0.2) is 24.4 Å². The number of aryl methyl sites for hydroxylation is 1. The van der Waals surface area contributed by atoms with Gasteiger partial charge in [-0.3, -0.25) is 9.48 Å². The normalized spacial score (nSPS) is 19.2. The van der Waals surface area contributed by atoms with Gasteiger partial charge in [-0.2, -0.15) is 10.1 Å². The lowest BCUT2D eigenvalue weighted by Crippen LogP contribution is -2.43. The van der Waals surface area contributed by atoms with Crippen LogP contribution in [0, 0.1) is 0 Å². The number of primary amides is 1. The second-order valence-corrected chi connectivity index (χ2v) is 7.28. The van der Waals surface area contributed by atoms with Crippen LogP contribution in [0.5, 0.6) is 0 Å². The third-order valence-electron chi connectivity index (χ3n) is 5.20. The molecule has 0 saturated heterocycles. The van der Waals surface area contributed by atoms with Gasteiger partial charge >= 0.3 is 0 Å². The smallest absolute Gasteiger partial charge is 0.273 e. The number of rotatable bonds is 6. The predicted octanol–water partition coefficient (Wildman–Crippen LogP) is 1.77. The number of hydrogen-bond acceptors (Lipinski definition) is 8. The minimum Gasteiger partial charge on any atom is -0.364 e. The summed E-state index contributed by atoms with van der Waals surface area (Å²) in [6, 6.07) is 5.85. The van der Waals surface area contributed by atoms with Crippen molar-refractivity contribution in [1.29, 1.82) is 0 Å². The number of fused-ring (bicyclic) bond motifs is 1. The van der Waals surface area contributed by atoms with E-state index in [1.165, 1.54) is 0 Å². The SMILES string of the molecule is CCn1cc2ccc(Nc3nc(N[C@@H]4CCCC[C@@H]4N)nnc3C(N)=O)cc2n1. The van der Waals surface area contributed by atoms with Crippen molar-refractivity contribution in [1.82, 2.24) is 25.0 Å². The number of amides is 1. The summed E-state index contributed by atoms with van der Waals surface area (Å²) in [5, 5.41) is 19.9. The molecular weight excluding hydrogens is 370 g/mol. The van der Waals surface area contributed by atoms with E-state index in [4.69, 9.17) is 11.5 Å². The van der Waals surface area contributed by atoms with Crippen LogP contribution in [-0.2, 0) is 6.54 Å². The highest BCUT2D eigenvalue weighted by Gasteiger charge is 2.23. The second kappa shape index (κ2) is 8.00. The number of nitrogens with one attached hydrogen (secondary N) is 2. The Morgan fingerprint density at radius 3 is 2.86 bits per heavy atom. The number of carbonyl (C=O) groups is 1. The maximum absolute atomic E-state index is 11.8. The molecule has 6 N–H and O–H groups in total. The van der Waals surface area contributed by atoms with Gasteiger partial charge in [0.05, 0.1) is 5.52 Å². The van der Waals surface area contributed by atoms with Crippen molar-refractivity contribution in [3.63, 3.8) is 0 Å². The molecule has 0 spiro atoms. The fourth-order valence-corrected chi connectivity index (χ4v) is 3.59. The van der Waals surface area contributed by atoms with Crippen molar-refractivity contribution in [3.8, 4) is 0 Å². The van der Waals surface area contributed by atoms with Gasteiger partial charge in [0.15, 0.2) is 11.5 Å². The lowest BCUT2D eigenvalue weighted by molar-refractivity contribution is 0.0995. The Morgan fingerprint density at radius 2 is 2.10 bits per heavy atom. The van der Waals surface area contributed by atoms with Crippen LogP contribution in [0.1, 0.15) is 43.1 Å². The summed E-state index contributed by atoms with van der Waals surface area (Å²) in [7, 11) is 0. The van der Waals surface area contributed by atoms with Gasteiger partial charge in [-0.1, -0.05) is 12.8 Å². The molecule has 4 rings (SSSR count). The van der Waals surface area contributed by atoms with Crippen molar-refractivity contribution < 1.29 is 4.79 Å². The summed E-state index contributed by atoms with van der Waals surface area (Å²) < 4.78 is 1.87. The van der Waals surface area contributed by atoms with Crippen LogP contribution in [0.2, 0.25) is 0 Å². The average Bonchev–Trinajstić information content (AvgIpc) is 3.12. The highest BCUT2D eigenvalue weighted by molar-refractivity contribution is 5.96. The molecule has 3 aromatic rings. The zero-order valence-corrected chi connectivity index (χ0v) is 16.3. The molecule has 1 amide bonds. The standard InChI is InChI=1S/C19H25N9O/c1-2-28-10-11-7-8-12(9-15(11)27-28)22-18-16(17(21)29)25-26-19(24-18)23-14-6-4-3-5-13(14)20/h7-10,13-14H,2-6,20H2,1H3,(H2,21,29)(H2,22,23,24,26)/t13-,14+/m0/s1. The van der Waals surface area contributed by atoms with E-state index in [1.807, 2.05) is 36.0 Å². The zero-order valence-electron chi connectivity index (χ0n) is 16.3. The van der Waals surface area contributed by atoms with Gasteiger partial charge in [0, 0.05) is 35.9 Å². The lowest BCUT2D eigenvalue weighted by Gasteiger charge is -2.29. The van der Waals surface area contributed by atoms with Crippen LogP contribution in [0.3, 0.4) is 0 Å². The van der Waals surface area contributed by atoms with Gasteiger partial charge in [-0.15, -0.1) is 10.2 Å². The first-order chi connectivity index (χ1) is 14.0. The molecule has 2 atom stereocenters. The van der Waals surface area contributed by atoms with Crippen LogP contribution in [0.4, 0.5) is 17.5 Å². The summed E-state index contributed by atoms with van der Waals surface area (Å²) >= 11 is 0. The largest absolute Gasteiger partial charge is 0.364 e. The summed E-state index contributed by atoms with van der Waals surface area (Å²) in [6.45, 7) is 2.82. The number of nitrogens with two attached hydrogens (primary N) is 2. The molecule has 2 aromatic heterocycles. The third kappa shape index (κ3) is 4.11.